The van der Waals surface area contributed by atoms with Crippen LogP contribution in [0.4, 0.5) is 34.1 Å². The SMILES string of the molecule is CC1(C)c2ccccc2C(=O)c2ccc(-c3ccc(N4c5ccccc5N(c5ccccc5)c5cc(-c6ccc7c(c6)c6ccccc6n7-c6cccc7c6oc6ccccc67)ccc54)cc3)cc21. The van der Waals surface area contributed by atoms with Crippen molar-refractivity contribution in [2.45, 2.75) is 19.3 Å². The van der Waals surface area contributed by atoms with Gasteiger partial charge in [-0.05, 0) is 118 Å². The Balaban J connectivity index is 0.890. The summed E-state index contributed by atoms with van der Waals surface area (Å²) in [5, 5.41) is 4.60. The van der Waals surface area contributed by atoms with E-state index in [9.17, 15) is 4.79 Å². The molecule has 14 rings (SSSR count). The molecule has 0 atom stereocenters. The maximum Gasteiger partial charge on any atom is 0.193 e. The molecule has 0 spiro atoms. The maximum absolute atomic E-state index is 13.7. The largest absolute Gasteiger partial charge is 0.454 e. The van der Waals surface area contributed by atoms with E-state index < -0.39 is 0 Å². The van der Waals surface area contributed by atoms with Gasteiger partial charge in [0, 0.05) is 49.5 Å². The van der Waals surface area contributed by atoms with E-state index in [0.717, 1.165) is 117 Å². The van der Waals surface area contributed by atoms with Crippen molar-refractivity contribution in [1.29, 1.82) is 0 Å². The smallest absolute Gasteiger partial charge is 0.193 e. The maximum atomic E-state index is 13.7. The molecule has 1 aliphatic heterocycles. The number of para-hydroxylation sites is 6. The van der Waals surface area contributed by atoms with Gasteiger partial charge in [0.2, 0.25) is 0 Å². The van der Waals surface area contributed by atoms with E-state index in [-0.39, 0.29) is 11.2 Å². The van der Waals surface area contributed by atoms with Crippen molar-refractivity contribution >= 4 is 83.7 Å². The molecule has 0 N–H and O–H groups in total. The molecular weight excluding hydrogens is 843 g/mol. The zero-order valence-corrected chi connectivity index (χ0v) is 38.0. The molecule has 0 unspecified atom stereocenters. The number of benzene rings is 10. The summed E-state index contributed by atoms with van der Waals surface area (Å²) in [6.45, 7) is 4.45. The lowest BCUT2D eigenvalue weighted by atomic mass is 9.68. The Bertz CT molecular complexity index is 4080. The number of fused-ring (bicyclic) bond motifs is 10. The molecule has 3 heterocycles. The van der Waals surface area contributed by atoms with Gasteiger partial charge in [-0.15, -0.1) is 0 Å². The van der Waals surface area contributed by atoms with Crippen molar-refractivity contribution in [3.63, 3.8) is 0 Å². The molecular formula is C64H43N3O2. The fourth-order valence-corrected chi connectivity index (χ4v) is 11.4. The third-order valence-corrected chi connectivity index (χ3v) is 14.7. The summed E-state index contributed by atoms with van der Waals surface area (Å²) < 4.78 is 8.94. The molecule has 5 heteroatoms. The molecule has 0 fully saturated rings. The minimum Gasteiger partial charge on any atom is -0.454 e. The third-order valence-electron chi connectivity index (χ3n) is 14.7. The van der Waals surface area contributed by atoms with Crippen LogP contribution in [0.1, 0.15) is 40.9 Å². The van der Waals surface area contributed by atoms with Crippen molar-refractivity contribution in [3.8, 4) is 27.9 Å². The summed E-state index contributed by atoms with van der Waals surface area (Å²) in [5.41, 5.74) is 19.4. The quantitative estimate of drug-likeness (QED) is 0.173. The normalized spacial score (nSPS) is 13.7. The minimum absolute atomic E-state index is 0.0956. The second-order valence-electron chi connectivity index (χ2n) is 18.8. The van der Waals surface area contributed by atoms with Crippen LogP contribution in [0.5, 0.6) is 0 Å². The van der Waals surface area contributed by atoms with Crippen LogP contribution in [0.15, 0.2) is 229 Å². The van der Waals surface area contributed by atoms with Gasteiger partial charge in [-0.3, -0.25) is 4.79 Å². The Hall–Kier alpha value is -8.93. The molecule has 12 aromatic rings. The summed E-state index contributed by atoms with van der Waals surface area (Å²) in [6, 6.07) is 79.8. The average molecular weight is 886 g/mol. The van der Waals surface area contributed by atoms with Crippen LogP contribution in [-0.4, -0.2) is 10.4 Å². The predicted octanol–water partition coefficient (Wildman–Crippen LogP) is 17.1. The van der Waals surface area contributed by atoms with Gasteiger partial charge >= 0.3 is 0 Å². The molecule has 2 aliphatic rings. The monoisotopic (exact) mass is 885 g/mol. The molecule has 2 aromatic heterocycles. The first-order valence-corrected chi connectivity index (χ1v) is 23.6. The van der Waals surface area contributed by atoms with E-state index in [2.05, 4.69) is 216 Å². The molecule has 0 amide bonds. The van der Waals surface area contributed by atoms with Crippen LogP contribution >= 0.6 is 0 Å². The van der Waals surface area contributed by atoms with Crippen LogP contribution in [0.25, 0.3) is 71.7 Å². The first-order valence-electron chi connectivity index (χ1n) is 23.6. The van der Waals surface area contributed by atoms with Gasteiger partial charge in [-0.2, -0.15) is 0 Å². The van der Waals surface area contributed by atoms with Crippen molar-refractivity contribution in [2.75, 3.05) is 9.80 Å². The van der Waals surface area contributed by atoms with Gasteiger partial charge in [0.1, 0.15) is 5.58 Å². The molecule has 1 aliphatic carbocycles. The van der Waals surface area contributed by atoms with Gasteiger partial charge < -0.3 is 18.8 Å². The molecule has 0 bridgehead atoms. The van der Waals surface area contributed by atoms with Gasteiger partial charge in [-0.1, -0.05) is 153 Å². The Kier molecular flexibility index (Phi) is 8.41. The molecule has 0 saturated carbocycles. The van der Waals surface area contributed by atoms with E-state index in [1.807, 2.05) is 36.4 Å². The fourth-order valence-electron chi connectivity index (χ4n) is 11.4. The number of hydrogen-bond acceptors (Lipinski definition) is 4. The van der Waals surface area contributed by atoms with Crippen molar-refractivity contribution < 1.29 is 9.21 Å². The summed E-state index contributed by atoms with van der Waals surface area (Å²) in [4.78, 5) is 18.5. The summed E-state index contributed by atoms with van der Waals surface area (Å²) in [6.07, 6.45) is 0. The van der Waals surface area contributed by atoms with Crippen LogP contribution in [-0.2, 0) is 5.41 Å². The number of nitrogens with zero attached hydrogens (tertiary/aromatic N) is 3. The van der Waals surface area contributed by atoms with Gasteiger partial charge in [0.15, 0.2) is 11.4 Å². The number of carbonyl (C=O) groups is 1. The van der Waals surface area contributed by atoms with E-state index >= 15 is 0 Å². The fraction of sp³-hybridized carbons (Fsp3) is 0.0469. The van der Waals surface area contributed by atoms with Crippen LogP contribution in [0, 0.1) is 0 Å². The summed E-state index contributed by atoms with van der Waals surface area (Å²) in [5.74, 6) is 0.0956. The molecule has 326 valence electrons. The predicted molar refractivity (Wildman–Crippen MR) is 284 cm³/mol. The van der Waals surface area contributed by atoms with Gasteiger partial charge in [0.25, 0.3) is 0 Å². The number of furan rings is 1. The number of hydrogen-bond donors (Lipinski definition) is 0. The Morgan fingerprint density at radius 2 is 0.942 bits per heavy atom. The van der Waals surface area contributed by atoms with E-state index in [0.29, 0.717) is 0 Å². The second-order valence-corrected chi connectivity index (χ2v) is 18.8. The molecule has 5 nitrogen and oxygen atoms in total. The van der Waals surface area contributed by atoms with Crippen molar-refractivity contribution in [1.82, 2.24) is 4.57 Å². The van der Waals surface area contributed by atoms with Crippen LogP contribution in [0.2, 0.25) is 0 Å². The lowest BCUT2D eigenvalue weighted by Crippen LogP contribution is -2.30. The van der Waals surface area contributed by atoms with E-state index in [1.54, 1.807) is 0 Å². The summed E-state index contributed by atoms with van der Waals surface area (Å²) >= 11 is 0. The highest BCUT2D eigenvalue weighted by atomic mass is 16.3. The first kappa shape index (κ1) is 39.3. The molecule has 10 aromatic carbocycles. The molecule has 0 radical (unpaired) electrons. The topological polar surface area (TPSA) is 41.6 Å². The second kappa shape index (κ2) is 14.8. The molecule has 69 heavy (non-hydrogen) atoms. The first-order chi connectivity index (χ1) is 33.9. The highest BCUT2D eigenvalue weighted by molar-refractivity contribution is 6.15. The van der Waals surface area contributed by atoms with Crippen molar-refractivity contribution in [2.24, 2.45) is 0 Å². The Labute approximate surface area is 399 Å². The Morgan fingerprint density at radius 3 is 1.78 bits per heavy atom. The average Bonchev–Trinajstić information content (AvgIpc) is 3.95. The van der Waals surface area contributed by atoms with Crippen LogP contribution < -0.4 is 9.80 Å². The number of aromatic nitrogens is 1. The minimum atomic E-state index is -0.309. The zero-order chi connectivity index (χ0) is 46.0. The highest BCUT2D eigenvalue weighted by Gasteiger charge is 2.37. The lowest BCUT2D eigenvalue weighted by Gasteiger charge is -2.40. The standard InChI is InChI=1S/C64H43N3O2/c1-64(2)52-21-9-6-19-49(52)62(68)50-34-29-42(38-53(50)64)40-27-32-45(33-28-40)65-56-23-11-12-24-57(56)66(44-15-4-3-5-16-44)60-39-43(31-36-58(60)65)41-30-35-55-51(37-41)46-17-7-10-22-54(46)67(55)59-25-14-20-48-47-18-8-13-26-61(47)69-63(48)59/h3-39H,1-2H3. The van der Waals surface area contributed by atoms with Gasteiger partial charge in [-0.25, -0.2) is 0 Å². The number of anilines is 6. The highest BCUT2D eigenvalue weighted by Crippen LogP contribution is 2.55. The zero-order valence-electron chi connectivity index (χ0n) is 38.0. The summed E-state index contributed by atoms with van der Waals surface area (Å²) in [7, 11) is 0. The lowest BCUT2D eigenvalue weighted by molar-refractivity contribution is 0.103. The van der Waals surface area contributed by atoms with Crippen molar-refractivity contribution in [3.05, 3.63) is 247 Å². The van der Waals surface area contributed by atoms with Crippen LogP contribution in [0.3, 0.4) is 0 Å². The van der Waals surface area contributed by atoms with Gasteiger partial charge in [0.05, 0.1) is 39.5 Å². The Morgan fingerprint density at radius 1 is 0.377 bits per heavy atom. The number of ketones is 1. The third kappa shape index (κ3) is 5.80. The van der Waals surface area contributed by atoms with E-state index in [4.69, 9.17) is 4.42 Å². The number of rotatable bonds is 5. The van der Waals surface area contributed by atoms with E-state index in [1.165, 1.54) is 10.8 Å². The number of carbonyl (C=O) groups excluding carboxylic acids is 1. The molecule has 0 saturated heterocycles.